The molecule has 148 valence electrons. The van der Waals surface area contributed by atoms with Crippen molar-refractivity contribution in [3.8, 4) is 17.9 Å². The van der Waals surface area contributed by atoms with Crippen molar-refractivity contribution >= 4 is 5.84 Å². The van der Waals surface area contributed by atoms with E-state index >= 15 is 0 Å². The third kappa shape index (κ3) is 1.91. The van der Waals surface area contributed by atoms with E-state index in [1.165, 1.54) is 0 Å². The van der Waals surface area contributed by atoms with Gasteiger partial charge in [-0.05, 0) is 42.5 Å². The number of benzene rings is 1. The van der Waals surface area contributed by atoms with Gasteiger partial charge >= 0.3 is 0 Å². The molecule has 8 heteroatoms. The van der Waals surface area contributed by atoms with Crippen LogP contribution in [-0.4, -0.2) is 32.1 Å². The van der Waals surface area contributed by atoms with Crippen molar-refractivity contribution in [3.05, 3.63) is 41.1 Å². The van der Waals surface area contributed by atoms with Gasteiger partial charge in [0, 0.05) is 5.70 Å². The van der Waals surface area contributed by atoms with Crippen molar-refractivity contribution in [2.24, 2.45) is 21.6 Å². The van der Waals surface area contributed by atoms with Crippen LogP contribution in [0.3, 0.4) is 0 Å². The first kappa shape index (κ1) is 18.0. The second-order valence-electron chi connectivity index (χ2n) is 7.72. The van der Waals surface area contributed by atoms with Crippen molar-refractivity contribution in [3.63, 3.8) is 0 Å². The van der Waals surface area contributed by atoms with Gasteiger partial charge < -0.3 is 25.3 Å². The number of nitriles is 2. The maximum Gasteiger partial charge on any atom is 0.297 e. The van der Waals surface area contributed by atoms with Gasteiger partial charge in [-0.2, -0.15) is 10.5 Å². The molecule has 3 heterocycles. The number of hydrogen-bond acceptors (Lipinski definition) is 8. The van der Waals surface area contributed by atoms with Gasteiger partial charge in [-0.25, -0.2) is 4.99 Å². The second-order valence-corrected chi connectivity index (χ2v) is 7.72. The Kier molecular flexibility index (Phi) is 3.70. The van der Waals surface area contributed by atoms with Crippen LogP contribution in [0, 0.1) is 33.5 Å². The molecule has 0 radical (unpaired) electrons. The number of nitrogens with two attached hydrogens (primary N) is 1. The fourth-order valence-corrected chi connectivity index (χ4v) is 5.41. The number of rotatable bonds is 2. The third-order valence-corrected chi connectivity index (χ3v) is 6.63. The van der Waals surface area contributed by atoms with Gasteiger partial charge in [0.05, 0.1) is 38.5 Å². The Hall–Kier alpha value is -3.07. The van der Waals surface area contributed by atoms with Crippen molar-refractivity contribution in [1.29, 1.82) is 10.5 Å². The number of allylic oxidation sites excluding steroid dienone is 1. The third-order valence-electron chi connectivity index (χ3n) is 6.63. The molecule has 1 aromatic rings. The average Bonchev–Trinajstić information content (AvgIpc) is 3.46. The Morgan fingerprint density at radius 3 is 2.52 bits per heavy atom. The highest BCUT2D eigenvalue weighted by Crippen LogP contribution is 2.68. The van der Waals surface area contributed by atoms with Crippen LogP contribution >= 0.6 is 0 Å². The van der Waals surface area contributed by atoms with Crippen LogP contribution in [0.25, 0.3) is 0 Å². The molecule has 1 saturated heterocycles. The standard InChI is InChI=1S/C21H21N5O3/c1-27-14-7-5-13(6-8-14)17-19(11-22)18(24)26-21(28-9-10-29-21)20(19,12-23)15-3-2-4-16(15)25-17/h5-8,17,25H,2-4,9-10H2,1H3,(H2,24,26)/t17-,19+,20+/m0/s1. The molecule has 0 saturated carbocycles. The van der Waals surface area contributed by atoms with Gasteiger partial charge in [0.2, 0.25) is 0 Å². The molecule has 3 atom stereocenters. The molecule has 29 heavy (non-hydrogen) atoms. The van der Waals surface area contributed by atoms with Gasteiger partial charge in [0.25, 0.3) is 5.91 Å². The van der Waals surface area contributed by atoms with E-state index in [-0.39, 0.29) is 5.84 Å². The zero-order chi connectivity index (χ0) is 20.3. The quantitative estimate of drug-likeness (QED) is 0.788. The summed E-state index contributed by atoms with van der Waals surface area (Å²) in [5.74, 6) is -0.815. The molecule has 1 fully saturated rings. The Morgan fingerprint density at radius 2 is 1.90 bits per heavy atom. The first-order valence-electron chi connectivity index (χ1n) is 9.68. The molecule has 3 N–H and O–H groups in total. The Morgan fingerprint density at radius 1 is 1.17 bits per heavy atom. The highest BCUT2D eigenvalue weighted by molar-refractivity contribution is 5.96. The van der Waals surface area contributed by atoms with Crippen LogP contribution in [0.1, 0.15) is 30.9 Å². The Bertz CT molecular complexity index is 1010. The van der Waals surface area contributed by atoms with Gasteiger partial charge in [0.1, 0.15) is 11.6 Å². The summed E-state index contributed by atoms with van der Waals surface area (Å²) in [6.45, 7) is 0.593. The highest BCUT2D eigenvalue weighted by Gasteiger charge is 2.80. The van der Waals surface area contributed by atoms with Crippen LogP contribution < -0.4 is 15.8 Å². The monoisotopic (exact) mass is 391 g/mol. The topological polar surface area (TPSA) is 126 Å². The summed E-state index contributed by atoms with van der Waals surface area (Å²) >= 11 is 0. The number of fused-ring (bicyclic) bond motifs is 3. The normalized spacial score (nSPS) is 34.0. The summed E-state index contributed by atoms with van der Waals surface area (Å²) in [4.78, 5) is 4.53. The molecule has 1 spiro atoms. The molecular formula is C21H21N5O3. The lowest BCUT2D eigenvalue weighted by Gasteiger charge is -2.50. The fourth-order valence-electron chi connectivity index (χ4n) is 5.41. The van der Waals surface area contributed by atoms with E-state index in [4.69, 9.17) is 19.9 Å². The van der Waals surface area contributed by atoms with Crippen LogP contribution in [0.2, 0.25) is 0 Å². The minimum Gasteiger partial charge on any atom is -0.497 e. The van der Waals surface area contributed by atoms with E-state index in [1.807, 2.05) is 24.3 Å². The Balaban J connectivity index is 1.79. The van der Waals surface area contributed by atoms with E-state index in [9.17, 15) is 10.5 Å². The predicted molar refractivity (Wildman–Crippen MR) is 102 cm³/mol. The van der Waals surface area contributed by atoms with E-state index in [0.29, 0.717) is 25.4 Å². The van der Waals surface area contributed by atoms with Gasteiger partial charge in [-0.3, -0.25) is 0 Å². The summed E-state index contributed by atoms with van der Waals surface area (Å²) in [7, 11) is 1.60. The predicted octanol–water partition coefficient (Wildman–Crippen LogP) is 1.87. The number of aliphatic imine (C=N–C) groups is 1. The summed E-state index contributed by atoms with van der Waals surface area (Å²) in [5.41, 5.74) is 6.14. The van der Waals surface area contributed by atoms with Gasteiger partial charge in [-0.1, -0.05) is 12.1 Å². The van der Waals surface area contributed by atoms with Crippen molar-refractivity contribution < 1.29 is 14.2 Å². The second kappa shape index (κ2) is 5.96. The minimum atomic E-state index is -1.58. The average molecular weight is 391 g/mol. The van der Waals surface area contributed by atoms with E-state index in [2.05, 4.69) is 22.4 Å². The summed E-state index contributed by atoms with van der Waals surface area (Å²) in [6, 6.07) is 11.7. The highest BCUT2D eigenvalue weighted by atomic mass is 16.8. The number of nitrogens with one attached hydrogen (secondary N) is 1. The SMILES string of the molecule is COc1ccc([C@@H]2NC3=C(CCC3)[C@@]3(C#N)C4(N=C(N)[C@@]23C#N)OCCO4)cc1. The van der Waals surface area contributed by atoms with Crippen molar-refractivity contribution in [2.45, 2.75) is 31.2 Å². The van der Waals surface area contributed by atoms with Gasteiger partial charge in [-0.15, -0.1) is 0 Å². The number of methoxy groups -OCH3 is 1. The van der Waals surface area contributed by atoms with E-state index < -0.39 is 22.8 Å². The van der Waals surface area contributed by atoms with Crippen LogP contribution in [-0.2, 0) is 9.47 Å². The molecule has 3 aliphatic heterocycles. The molecule has 1 aliphatic carbocycles. The molecule has 1 aromatic carbocycles. The van der Waals surface area contributed by atoms with Crippen LogP contribution in [0.5, 0.6) is 5.75 Å². The maximum atomic E-state index is 10.6. The van der Waals surface area contributed by atoms with E-state index in [0.717, 1.165) is 29.7 Å². The molecule has 8 nitrogen and oxygen atoms in total. The lowest BCUT2D eigenvalue weighted by atomic mass is 9.53. The molecular weight excluding hydrogens is 370 g/mol. The molecule has 0 aromatic heterocycles. The summed E-state index contributed by atoms with van der Waals surface area (Å²) in [6.07, 6.45) is 2.35. The minimum absolute atomic E-state index is 0.0650. The summed E-state index contributed by atoms with van der Waals surface area (Å²) < 4.78 is 17.2. The number of nitrogens with zero attached hydrogens (tertiary/aromatic N) is 3. The lowest BCUT2D eigenvalue weighted by Crippen LogP contribution is -2.63. The van der Waals surface area contributed by atoms with Crippen molar-refractivity contribution in [2.75, 3.05) is 20.3 Å². The lowest BCUT2D eigenvalue weighted by molar-refractivity contribution is -0.212. The van der Waals surface area contributed by atoms with Crippen LogP contribution in [0.4, 0.5) is 0 Å². The van der Waals surface area contributed by atoms with Crippen molar-refractivity contribution in [1.82, 2.24) is 5.32 Å². The molecule has 4 aliphatic rings. The summed E-state index contributed by atoms with van der Waals surface area (Å²) in [5, 5.41) is 24.7. The largest absolute Gasteiger partial charge is 0.497 e. The van der Waals surface area contributed by atoms with Gasteiger partial charge in [0.15, 0.2) is 10.8 Å². The smallest absolute Gasteiger partial charge is 0.297 e. The van der Waals surface area contributed by atoms with E-state index in [1.54, 1.807) is 7.11 Å². The first-order chi connectivity index (χ1) is 14.1. The molecule has 5 rings (SSSR count). The number of hydrogen-bond donors (Lipinski definition) is 2. The number of ether oxygens (including phenoxy) is 3. The maximum absolute atomic E-state index is 10.6. The number of amidine groups is 1. The molecule has 0 bridgehead atoms. The molecule has 0 unspecified atom stereocenters. The molecule has 0 amide bonds. The zero-order valence-electron chi connectivity index (χ0n) is 16.1. The Labute approximate surface area is 168 Å². The zero-order valence-corrected chi connectivity index (χ0v) is 16.1. The van der Waals surface area contributed by atoms with Crippen LogP contribution in [0.15, 0.2) is 40.5 Å². The fraction of sp³-hybridized carbons (Fsp3) is 0.476. The first-order valence-corrected chi connectivity index (χ1v) is 9.68.